The summed E-state index contributed by atoms with van der Waals surface area (Å²) in [6, 6.07) is 5.44. The van der Waals surface area contributed by atoms with Gasteiger partial charge in [-0.2, -0.15) is 5.10 Å². The van der Waals surface area contributed by atoms with Gasteiger partial charge in [0.1, 0.15) is 0 Å². The fourth-order valence-corrected chi connectivity index (χ4v) is 2.12. The van der Waals surface area contributed by atoms with Gasteiger partial charge in [-0.25, -0.2) is 4.68 Å². The third-order valence-corrected chi connectivity index (χ3v) is 3.04. The maximum atomic E-state index is 11.9. The molecule has 0 amide bonds. The van der Waals surface area contributed by atoms with Crippen LogP contribution in [0.1, 0.15) is 17.7 Å². The van der Waals surface area contributed by atoms with E-state index in [-0.39, 0.29) is 5.56 Å². The van der Waals surface area contributed by atoms with Gasteiger partial charge in [0.2, 0.25) is 0 Å². The Kier molecular flexibility index (Phi) is 2.80. The molecule has 2 aromatic heterocycles. The molecule has 5 nitrogen and oxygen atoms in total. The van der Waals surface area contributed by atoms with Crippen molar-refractivity contribution in [1.29, 1.82) is 0 Å². The van der Waals surface area contributed by atoms with Gasteiger partial charge in [0, 0.05) is 25.0 Å². The Labute approximate surface area is 104 Å². The summed E-state index contributed by atoms with van der Waals surface area (Å²) in [6.45, 7) is 1.39. The molecule has 0 bridgehead atoms. The van der Waals surface area contributed by atoms with E-state index in [0.717, 1.165) is 36.3 Å². The van der Waals surface area contributed by atoms with Crippen molar-refractivity contribution in [3.63, 3.8) is 0 Å². The minimum Gasteiger partial charge on any atom is -0.383 e. The maximum Gasteiger partial charge on any atom is 0.269 e. The summed E-state index contributed by atoms with van der Waals surface area (Å²) in [6.07, 6.45) is 5.46. The second-order valence-corrected chi connectivity index (χ2v) is 4.39. The molecular weight excluding hydrogens is 228 g/mol. The van der Waals surface area contributed by atoms with E-state index in [2.05, 4.69) is 15.4 Å². The van der Waals surface area contributed by atoms with Crippen LogP contribution in [0.25, 0.3) is 0 Å². The standard InChI is InChI=1S/C13H14N4O/c18-13-7-12-11(4-2-6-15-12)16-17(13)9-10-3-1-5-14-8-10/h1,3,5,7-8,15H,2,4,6,9H2. The van der Waals surface area contributed by atoms with Gasteiger partial charge in [0.05, 0.1) is 17.9 Å². The Morgan fingerprint density at radius 3 is 3.22 bits per heavy atom. The largest absolute Gasteiger partial charge is 0.383 e. The van der Waals surface area contributed by atoms with Crippen LogP contribution in [0.3, 0.4) is 0 Å². The molecule has 0 aliphatic carbocycles. The summed E-state index contributed by atoms with van der Waals surface area (Å²) in [5.74, 6) is 0. The zero-order valence-electron chi connectivity index (χ0n) is 9.97. The molecule has 0 saturated heterocycles. The molecule has 0 saturated carbocycles. The first-order chi connectivity index (χ1) is 8.83. The van der Waals surface area contributed by atoms with Crippen molar-refractivity contribution >= 4 is 5.69 Å². The minimum atomic E-state index is -0.0768. The van der Waals surface area contributed by atoms with Crippen molar-refractivity contribution in [2.24, 2.45) is 0 Å². The smallest absolute Gasteiger partial charge is 0.269 e. The first-order valence-electron chi connectivity index (χ1n) is 6.07. The topological polar surface area (TPSA) is 59.8 Å². The van der Waals surface area contributed by atoms with Crippen LogP contribution in [0, 0.1) is 0 Å². The average molecular weight is 242 g/mol. The van der Waals surface area contributed by atoms with E-state index in [4.69, 9.17) is 0 Å². The number of hydrogen-bond donors (Lipinski definition) is 1. The summed E-state index contributed by atoms with van der Waals surface area (Å²) in [5.41, 5.74) is 2.77. The van der Waals surface area contributed by atoms with Crippen LogP contribution in [0.5, 0.6) is 0 Å². The van der Waals surface area contributed by atoms with Crippen LogP contribution in [0.15, 0.2) is 35.4 Å². The van der Waals surface area contributed by atoms with Crippen molar-refractivity contribution in [2.75, 3.05) is 11.9 Å². The summed E-state index contributed by atoms with van der Waals surface area (Å²) in [5, 5.41) is 7.63. The Morgan fingerprint density at radius 1 is 1.44 bits per heavy atom. The molecule has 1 aliphatic heterocycles. The monoisotopic (exact) mass is 242 g/mol. The number of aromatic nitrogens is 3. The average Bonchev–Trinajstić information content (AvgIpc) is 2.41. The Balaban J connectivity index is 1.95. The second-order valence-electron chi connectivity index (χ2n) is 4.39. The van der Waals surface area contributed by atoms with Gasteiger partial charge >= 0.3 is 0 Å². The summed E-state index contributed by atoms with van der Waals surface area (Å²) in [7, 11) is 0. The number of nitrogens with zero attached hydrogens (tertiary/aromatic N) is 3. The lowest BCUT2D eigenvalue weighted by Crippen LogP contribution is -2.27. The number of rotatable bonds is 2. The third kappa shape index (κ3) is 2.11. The van der Waals surface area contributed by atoms with Crippen molar-refractivity contribution < 1.29 is 0 Å². The van der Waals surface area contributed by atoms with Gasteiger partial charge in [0.15, 0.2) is 0 Å². The van der Waals surface area contributed by atoms with Crippen LogP contribution >= 0.6 is 0 Å². The highest BCUT2D eigenvalue weighted by atomic mass is 16.1. The van der Waals surface area contributed by atoms with Crippen LogP contribution in [-0.2, 0) is 13.0 Å². The molecule has 0 fully saturated rings. The van der Waals surface area contributed by atoms with E-state index in [1.165, 1.54) is 4.68 Å². The van der Waals surface area contributed by atoms with E-state index in [0.29, 0.717) is 6.54 Å². The number of nitrogens with one attached hydrogen (secondary N) is 1. The van der Waals surface area contributed by atoms with Crippen LogP contribution in [-0.4, -0.2) is 21.3 Å². The summed E-state index contributed by atoms with van der Waals surface area (Å²) < 4.78 is 1.50. The van der Waals surface area contributed by atoms with Gasteiger partial charge in [-0.05, 0) is 24.5 Å². The second kappa shape index (κ2) is 4.60. The third-order valence-electron chi connectivity index (χ3n) is 3.04. The molecule has 0 aromatic carbocycles. The molecule has 18 heavy (non-hydrogen) atoms. The zero-order valence-corrected chi connectivity index (χ0v) is 9.97. The van der Waals surface area contributed by atoms with Crippen LogP contribution in [0.4, 0.5) is 5.69 Å². The summed E-state index contributed by atoms with van der Waals surface area (Å²) >= 11 is 0. The van der Waals surface area contributed by atoms with Gasteiger partial charge < -0.3 is 5.32 Å². The predicted molar refractivity (Wildman–Crippen MR) is 68.6 cm³/mol. The molecule has 5 heteroatoms. The molecule has 0 atom stereocenters. The SMILES string of the molecule is O=c1cc2c(nn1Cc1cccnc1)CCCN2. The first-order valence-corrected chi connectivity index (χ1v) is 6.07. The van der Waals surface area contributed by atoms with Gasteiger partial charge in [-0.15, -0.1) is 0 Å². The van der Waals surface area contributed by atoms with Gasteiger partial charge in [-0.3, -0.25) is 9.78 Å². The highest BCUT2D eigenvalue weighted by Crippen LogP contribution is 2.16. The van der Waals surface area contributed by atoms with E-state index >= 15 is 0 Å². The normalized spacial score (nSPS) is 13.8. The molecule has 1 aliphatic rings. The first kappa shape index (κ1) is 11.0. The Bertz CT molecular complexity index is 606. The number of hydrogen-bond acceptors (Lipinski definition) is 4. The van der Waals surface area contributed by atoms with E-state index in [9.17, 15) is 4.79 Å². The van der Waals surface area contributed by atoms with Crippen molar-refractivity contribution in [3.05, 3.63) is 52.2 Å². The van der Waals surface area contributed by atoms with Crippen molar-refractivity contribution in [2.45, 2.75) is 19.4 Å². The molecule has 0 radical (unpaired) electrons. The van der Waals surface area contributed by atoms with Crippen molar-refractivity contribution in [1.82, 2.24) is 14.8 Å². The number of anilines is 1. The van der Waals surface area contributed by atoms with Crippen LogP contribution < -0.4 is 10.9 Å². The quantitative estimate of drug-likeness (QED) is 0.855. The molecule has 0 unspecified atom stereocenters. The lowest BCUT2D eigenvalue weighted by molar-refractivity contribution is 0.607. The molecule has 92 valence electrons. The molecule has 1 N–H and O–H groups in total. The number of pyridine rings is 1. The van der Waals surface area contributed by atoms with E-state index in [1.54, 1.807) is 18.5 Å². The minimum absolute atomic E-state index is 0.0768. The maximum absolute atomic E-state index is 11.9. The fourth-order valence-electron chi connectivity index (χ4n) is 2.12. The predicted octanol–water partition coefficient (Wildman–Crippen LogP) is 1.04. The van der Waals surface area contributed by atoms with Gasteiger partial charge in [0.25, 0.3) is 5.56 Å². The number of aryl methyl sites for hydroxylation is 1. The van der Waals surface area contributed by atoms with Crippen LogP contribution in [0.2, 0.25) is 0 Å². The van der Waals surface area contributed by atoms with Crippen molar-refractivity contribution in [3.8, 4) is 0 Å². The van der Waals surface area contributed by atoms with E-state index < -0.39 is 0 Å². The highest BCUT2D eigenvalue weighted by Gasteiger charge is 2.12. The van der Waals surface area contributed by atoms with E-state index in [1.807, 2.05) is 12.1 Å². The zero-order chi connectivity index (χ0) is 12.4. The Hall–Kier alpha value is -2.17. The summed E-state index contributed by atoms with van der Waals surface area (Å²) in [4.78, 5) is 16.0. The number of fused-ring (bicyclic) bond motifs is 1. The molecule has 3 rings (SSSR count). The highest BCUT2D eigenvalue weighted by molar-refractivity contribution is 5.48. The molecule has 3 heterocycles. The lowest BCUT2D eigenvalue weighted by Gasteiger charge is -2.17. The molecule has 2 aromatic rings. The fraction of sp³-hybridized carbons (Fsp3) is 0.308. The lowest BCUT2D eigenvalue weighted by atomic mass is 10.1. The Morgan fingerprint density at radius 2 is 2.39 bits per heavy atom. The molecule has 0 spiro atoms. The van der Waals surface area contributed by atoms with Gasteiger partial charge in [-0.1, -0.05) is 6.07 Å². The molecular formula is C13H14N4O.